The van der Waals surface area contributed by atoms with E-state index in [0.717, 1.165) is 23.1 Å². The van der Waals surface area contributed by atoms with Crippen LogP contribution in [0.1, 0.15) is 11.4 Å². The molecule has 0 radical (unpaired) electrons. The lowest BCUT2D eigenvalue weighted by atomic mass is 10.1. The number of aromatic nitrogens is 3. The van der Waals surface area contributed by atoms with Gasteiger partial charge in [-0.05, 0) is 18.1 Å². The lowest BCUT2D eigenvalue weighted by Crippen LogP contribution is -1.94. The van der Waals surface area contributed by atoms with Gasteiger partial charge in [-0.25, -0.2) is 4.98 Å². The van der Waals surface area contributed by atoms with Crippen molar-refractivity contribution in [3.05, 3.63) is 46.5 Å². The number of aromatic amines is 1. The van der Waals surface area contributed by atoms with Crippen LogP contribution in [0.2, 0.25) is 0 Å². The van der Waals surface area contributed by atoms with Crippen molar-refractivity contribution in [3.63, 3.8) is 0 Å². The van der Waals surface area contributed by atoms with E-state index in [-0.39, 0.29) is 0 Å². The molecule has 0 amide bonds. The highest BCUT2D eigenvalue weighted by atomic mass is 79.9. The zero-order valence-corrected chi connectivity index (χ0v) is 9.16. The molecule has 0 spiro atoms. The third-order valence-corrected chi connectivity index (χ3v) is 2.83. The molecule has 2 rings (SSSR count). The Balaban J connectivity index is 2.02. The minimum absolute atomic E-state index is 0.891. The molecule has 0 aliphatic carbocycles. The van der Waals surface area contributed by atoms with Gasteiger partial charge in [0.25, 0.3) is 0 Å². The van der Waals surface area contributed by atoms with E-state index in [2.05, 4.69) is 43.2 Å². The molecule has 1 aromatic heterocycles. The summed E-state index contributed by atoms with van der Waals surface area (Å²) in [6.07, 6.45) is 3.40. The summed E-state index contributed by atoms with van der Waals surface area (Å²) in [7, 11) is 0. The van der Waals surface area contributed by atoms with Crippen LogP contribution in [0.15, 0.2) is 35.1 Å². The first kappa shape index (κ1) is 9.40. The summed E-state index contributed by atoms with van der Waals surface area (Å²) in [5.74, 6) is 0.931. The number of halogens is 1. The van der Waals surface area contributed by atoms with Crippen molar-refractivity contribution < 1.29 is 0 Å². The fraction of sp³-hybridized carbons (Fsp3) is 0.200. The quantitative estimate of drug-likeness (QED) is 0.910. The monoisotopic (exact) mass is 251 g/mol. The highest BCUT2D eigenvalue weighted by Crippen LogP contribution is 2.17. The van der Waals surface area contributed by atoms with Crippen molar-refractivity contribution in [1.29, 1.82) is 0 Å². The zero-order valence-electron chi connectivity index (χ0n) is 7.57. The molecule has 72 valence electrons. The Hall–Kier alpha value is -1.16. The number of H-pyrrole nitrogens is 1. The zero-order chi connectivity index (χ0) is 9.80. The summed E-state index contributed by atoms with van der Waals surface area (Å²) in [4.78, 5) is 4.08. The fourth-order valence-electron chi connectivity index (χ4n) is 1.31. The molecular weight excluding hydrogens is 242 g/mol. The Kier molecular flexibility index (Phi) is 2.93. The molecule has 0 unspecified atom stereocenters. The Morgan fingerprint density at radius 1 is 1.21 bits per heavy atom. The second-order valence-corrected chi connectivity index (χ2v) is 3.88. The van der Waals surface area contributed by atoms with E-state index in [4.69, 9.17) is 0 Å². The van der Waals surface area contributed by atoms with Crippen LogP contribution in [0, 0.1) is 0 Å². The number of rotatable bonds is 3. The van der Waals surface area contributed by atoms with Gasteiger partial charge in [-0.15, -0.1) is 0 Å². The summed E-state index contributed by atoms with van der Waals surface area (Å²) in [6, 6.07) is 8.22. The van der Waals surface area contributed by atoms with E-state index in [1.165, 1.54) is 11.9 Å². The Bertz CT molecular complexity index is 398. The normalized spacial score (nSPS) is 10.4. The number of aryl methyl sites for hydroxylation is 2. The van der Waals surface area contributed by atoms with Crippen molar-refractivity contribution in [1.82, 2.24) is 15.2 Å². The van der Waals surface area contributed by atoms with Gasteiger partial charge in [0.2, 0.25) is 0 Å². The molecule has 1 aromatic carbocycles. The molecule has 4 heteroatoms. The van der Waals surface area contributed by atoms with Gasteiger partial charge in [-0.2, -0.15) is 5.10 Å². The van der Waals surface area contributed by atoms with Crippen LogP contribution in [0.4, 0.5) is 0 Å². The predicted octanol–water partition coefficient (Wildman–Crippen LogP) is 2.35. The van der Waals surface area contributed by atoms with E-state index >= 15 is 0 Å². The third-order valence-electron chi connectivity index (χ3n) is 2.05. The standard InChI is InChI=1S/C10H10BrN3/c11-9-4-2-1-3-8(9)5-6-10-12-7-13-14-10/h1-4,7H,5-6H2,(H,12,13,14). The van der Waals surface area contributed by atoms with E-state index in [9.17, 15) is 0 Å². The molecule has 0 saturated heterocycles. The average Bonchev–Trinajstić information content (AvgIpc) is 2.69. The molecule has 14 heavy (non-hydrogen) atoms. The second kappa shape index (κ2) is 4.37. The summed E-state index contributed by atoms with van der Waals surface area (Å²) in [6.45, 7) is 0. The molecule has 1 heterocycles. The highest BCUT2D eigenvalue weighted by molar-refractivity contribution is 9.10. The number of hydrogen-bond donors (Lipinski definition) is 1. The van der Waals surface area contributed by atoms with Crippen molar-refractivity contribution in [2.45, 2.75) is 12.8 Å². The second-order valence-electron chi connectivity index (χ2n) is 3.02. The molecule has 0 aliphatic heterocycles. The molecule has 0 aliphatic rings. The molecule has 2 aromatic rings. The number of benzene rings is 1. The van der Waals surface area contributed by atoms with Crippen LogP contribution in [0.25, 0.3) is 0 Å². The van der Waals surface area contributed by atoms with Gasteiger partial charge < -0.3 is 0 Å². The van der Waals surface area contributed by atoms with E-state index in [1.54, 1.807) is 0 Å². The minimum atomic E-state index is 0.891. The van der Waals surface area contributed by atoms with Gasteiger partial charge in [0.15, 0.2) is 0 Å². The number of nitrogens with zero attached hydrogens (tertiary/aromatic N) is 2. The van der Waals surface area contributed by atoms with Crippen molar-refractivity contribution in [2.75, 3.05) is 0 Å². The van der Waals surface area contributed by atoms with Crippen LogP contribution in [0.5, 0.6) is 0 Å². The maximum Gasteiger partial charge on any atom is 0.137 e. The largest absolute Gasteiger partial charge is 0.263 e. The molecule has 0 atom stereocenters. The lowest BCUT2D eigenvalue weighted by Gasteiger charge is -2.01. The van der Waals surface area contributed by atoms with Crippen molar-refractivity contribution >= 4 is 15.9 Å². The van der Waals surface area contributed by atoms with Gasteiger partial charge in [0.1, 0.15) is 12.2 Å². The summed E-state index contributed by atoms with van der Waals surface area (Å²) in [5, 5.41) is 6.66. The topological polar surface area (TPSA) is 41.6 Å². The van der Waals surface area contributed by atoms with E-state index in [0.29, 0.717) is 0 Å². The predicted molar refractivity (Wildman–Crippen MR) is 57.9 cm³/mol. The summed E-state index contributed by atoms with van der Waals surface area (Å²) < 4.78 is 1.15. The third kappa shape index (κ3) is 2.20. The molecular formula is C10H10BrN3. The maximum atomic E-state index is 4.08. The van der Waals surface area contributed by atoms with Gasteiger partial charge in [0, 0.05) is 10.9 Å². The van der Waals surface area contributed by atoms with Gasteiger partial charge in [-0.3, -0.25) is 5.10 Å². The maximum absolute atomic E-state index is 4.08. The Labute approximate surface area is 90.7 Å². The Morgan fingerprint density at radius 3 is 2.79 bits per heavy atom. The van der Waals surface area contributed by atoms with Crippen LogP contribution in [-0.4, -0.2) is 15.2 Å². The van der Waals surface area contributed by atoms with Gasteiger partial charge in [0.05, 0.1) is 0 Å². The Morgan fingerprint density at radius 2 is 2.07 bits per heavy atom. The first-order valence-electron chi connectivity index (χ1n) is 4.44. The van der Waals surface area contributed by atoms with Crippen molar-refractivity contribution in [3.8, 4) is 0 Å². The molecule has 0 bridgehead atoms. The van der Waals surface area contributed by atoms with Gasteiger partial charge in [-0.1, -0.05) is 34.1 Å². The highest BCUT2D eigenvalue weighted by Gasteiger charge is 2.00. The molecule has 0 saturated carbocycles. The van der Waals surface area contributed by atoms with E-state index < -0.39 is 0 Å². The average molecular weight is 252 g/mol. The van der Waals surface area contributed by atoms with Crippen molar-refractivity contribution in [2.24, 2.45) is 0 Å². The first-order chi connectivity index (χ1) is 6.86. The van der Waals surface area contributed by atoms with Crippen LogP contribution < -0.4 is 0 Å². The minimum Gasteiger partial charge on any atom is -0.263 e. The number of hydrogen-bond acceptors (Lipinski definition) is 2. The SMILES string of the molecule is Brc1ccccc1CCc1ncn[nH]1. The molecule has 3 nitrogen and oxygen atoms in total. The van der Waals surface area contributed by atoms with Crippen LogP contribution in [0.3, 0.4) is 0 Å². The molecule has 1 N–H and O–H groups in total. The van der Waals surface area contributed by atoms with Gasteiger partial charge >= 0.3 is 0 Å². The smallest absolute Gasteiger partial charge is 0.137 e. The summed E-state index contributed by atoms with van der Waals surface area (Å²) >= 11 is 3.51. The van der Waals surface area contributed by atoms with Crippen LogP contribution in [-0.2, 0) is 12.8 Å². The first-order valence-corrected chi connectivity index (χ1v) is 5.23. The lowest BCUT2D eigenvalue weighted by molar-refractivity contribution is 0.862. The fourth-order valence-corrected chi connectivity index (χ4v) is 1.79. The number of nitrogens with one attached hydrogen (secondary N) is 1. The van der Waals surface area contributed by atoms with E-state index in [1.807, 2.05) is 12.1 Å². The molecule has 0 fully saturated rings. The summed E-state index contributed by atoms with van der Waals surface area (Å²) in [5.41, 5.74) is 1.30. The van der Waals surface area contributed by atoms with Crippen LogP contribution >= 0.6 is 15.9 Å².